The van der Waals surface area contributed by atoms with Crippen LogP contribution in [-0.4, -0.2) is 55.9 Å². The zero-order chi connectivity index (χ0) is 20.7. The van der Waals surface area contributed by atoms with Gasteiger partial charge in [0, 0.05) is 18.6 Å². The molecule has 150 valence electrons. The Hall–Kier alpha value is -2.64. The Bertz CT molecular complexity index is 847. The lowest BCUT2D eigenvalue weighted by atomic mass is 10.2. The summed E-state index contributed by atoms with van der Waals surface area (Å²) < 4.78 is 18.4. The second-order valence-electron chi connectivity index (χ2n) is 6.44. The van der Waals surface area contributed by atoms with Gasteiger partial charge in [-0.2, -0.15) is 0 Å². The van der Waals surface area contributed by atoms with E-state index in [4.69, 9.17) is 16.3 Å². The molecular weight excluding hydrogens is 385 g/mol. The molecule has 0 unspecified atom stereocenters. The van der Waals surface area contributed by atoms with E-state index < -0.39 is 0 Å². The van der Waals surface area contributed by atoms with E-state index in [1.807, 2.05) is 0 Å². The van der Waals surface area contributed by atoms with Crippen LogP contribution in [0.1, 0.15) is 5.56 Å². The van der Waals surface area contributed by atoms with Crippen LogP contribution in [0.3, 0.4) is 0 Å². The van der Waals surface area contributed by atoms with Crippen LogP contribution in [-0.2, 0) is 16.1 Å². The lowest BCUT2D eigenvalue weighted by Gasteiger charge is -2.22. The zero-order valence-corrected chi connectivity index (χ0v) is 16.8. The number of likely N-dealkylation sites (N-methyl/N-ethyl adjacent to an activating group) is 2. The topological polar surface area (TPSA) is 61.9 Å². The van der Waals surface area contributed by atoms with Crippen molar-refractivity contribution in [2.45, 2.75) is 6.54 Å². The van der Waals surface area contributed by atoms with E-state index in [9.17, 15) is 14.0 Å². The first kappa shape index (κ1) is 21.7. The van der Waals surface area contributed by atoms with E-state index in [-0.39, 0.29) is 30.7 Å². The molecule has 2 aromatic rings. The molecule has 0 saturated heterocycles. The van der Waals surface area contributed by atoms with Gasteiger partial charge in [-0.3, -0.25) is 14.5 Å². The second-order valence-corrected chi connectivity index (χ2v) is 6.88. The third-order valence-corrected chi connectivity index (χ3v) is 4.22. The lowest BCUT2D eigenvalue weighted by molar-refractivity contribution is -0.134. The number of ether oxygens (including phenoxy) is 1. The Balaban J connectivity index is 1.87. The number of anilines is 1. The molecule has 0 aromatic heterocycles. The first-order valence-corrected chi connectivity index (χ1v) is 8.96. The number of rotatable bonds is 8. The van der Waals surface area contributed by atoms with Crippen molar-refractivity contribution in [2.75, 3.05) is 39.6 Å². The Kier molecular flexibility index (Phi) is 7.78. The van der Waals surface area contributed by atoms with Gasteiger partial charge in [-0.25, -0.2) is 4.39 Å². The van der Waals surface area contributed by atoms with E-state index >= 15 is 0 Å². The van der Waals surface area contributed by atoms with Gasteiger partial charge in [0.05, 0.1) is 25.9 Å². The summed E-state index contributed by atoms with van der Waals surface area (Å²) in [5, 5.41) is 3.15. The molecule has 0 spiro atoms. The van der Waals surface area contributed by atoms with Crippen molar-refractivity contribution >= 4 is 29.1 Å². The molecule has 2 aromatic carbocycles. The van der Waals surface area contributed by atoms with Gasteiger partial charge in [0.15, 0.2) is 0 Å². The van der Waals surface area contributed by atoms with Gasteiger partial charge in [-0.1, -0.05) is 23.7 Å². The fourth-order valence-corrected chi connectivity index (χ4v) is 2.80. The summed E-state index contributed by atoms with van der Waals surface area (Å²) in [6, 6.07) is 11.1. The number of carbonyl (C=O) groups excluding carboxylic acids is 2. The minimum Gasteiger partial charge on any atom is -0.495 e. The number of methoxy groups -OCH3 is 1. The molecule has 0 saturated carbocycles. The maximum atomic E-state index is 13.3. The standard InChI is InChI=1S/C20H23ClFN3O3/c1-24(11-14-5-4-6-16(22)9-14)13-20(27)25(2)12-19(26)23-17-10-15(21)7-8-18(17)28-3/h4-10H,11-13H2,1-3H3,(H,23,26). The smallest absolute Gasteiger partial charge is 0.244 e. The highest BCUT2D eigenvalue weighted by molar-refractivity contribution is 6.31. The van der Waals surface area contributed by atoms with Crippen LogP contribution in [0.25, 0.3) is 0 Å². The summed E-state index contributed by atoms with van der Waals surface area (Å²) >= 11 is 5.95. The van der Waals surface area contributed by atoms with E-state index in [1.54, 1.807) is 49.3 Å². The highest BCUT2D eigenvalue weighted by Gasteiger charge is 2.16. The highest BCUT2D eigenvalue weighted by atomic mass is 35.5. The van der Waals surface area contributed by atoms with Crippen LogP contribution in [0, 0.1) is 5.82 Å². The monoisotopic (exact) mass is 407 g/mol. The molecule has 0 heterocycles. The molecule has 0 radical (unpaired) electrons. The average Bonchev–Trinajstić information content (AvgIpc) is 2.61. The van der Waals surface area contributed by atoms with Gasteiger partial charge in [0.2, 0.25) is 11.8 Å². The first-order valence-electron chi connectivity index (χ1n) is 8.59. The maximum absolute atomic E-state index is 13.3. The molecular formula is C20H23ClFN3O3. The summed E-state index contributed by atoms with van der Waals surface area (Å²) in [6.07, 6.45) is 0. The summed E-state index contributed by atoms with van der Waals surface area (Å²) in [5.74, 6) is -0.444. The third-order valence-electron chi connectivity index (χ3n) is 3.99. The maximum Gasteiger partial charge on any atom is 0.244 e. The number of benzene rings is 2. The van der Waals surface area contributed by atoms with Crippen molar-refractivity contribution in [1.29, 1.82) is 0 Å². The van der Waals surface area contributed by atoms with Crippen LogP contribution in [0.4, 0.5) is 10.1 Å². The Morgan fingerprint density at radius 1 is 1.14 bits per heavy atom. The van der Waals surface area contributed by atoms with Gasteiger partial charge in [0.25, 0.3) is 0 Å². The van der Waals surface area contributed by atoms with E-state index in [0.29, 0.717) is 23.0 Å². The molecule has 2 rings (SSSR count). The predicted molar refractivity (Wildman–Crippen MR) is 107 cm³/mol. The number of halogens is 2. The fourth-order valence-electron chi connectivity index (χ4n) is 2.63. The van der Waals surface area contributed by atoms with Crippen LogP contribution >= 0.6 is 11.6 Å². The number of hydrogen-bond acceptors (Lipinski definition) is 4. The quantitative estimate of drug-likeness (QED) is 0.730. The SMILES string of the molecule is COc1ccc(Cl)cc1NC(=O)CN(C)C(=O)CN(C)Cc1cccc(F)c1. The average molecular weight is 408 g/mol. The minimum atomic E-state index is -0.371. The molecule has 0 fully saturated rings. The van der Waals surface area contributed by atoms with Crippen molar-refractivity contribution < 1.29 is 18.7 Å². The minimum absolute atomic E-state index is 0.0980. The Labute approximate surface area is 168 Å². The van der Waals surface area contributed by atoms with Crippen LogP contribution in [0.5, 0.6) is 5.75 Å². The van der Waals surface area contributed by atoms with Crippen LogP contribution < -0.4 is 10.1 Å². The first-order chi connectivity index (χ1) is 13.3. The number of hydrogen-bond donors (Lipinski definition) is 1. The van der Waals surface area contributed by atoms with E-state index in [2.05, 4.69) is 5.32 Å². The molecule has 0 bridgehead atoms. The van der Waals surface area contributed by atoms with Crippen molar-refractivity contribution in [1.82, 2.24) is 9.80 Å². The third kappa shape index (κ3) is 6.51. The number of amides is 2. The van der Waals surface area contributed by atoms with E-state index in [0.717, 1.165) is 5.56 Å². The molecule has 2 amide bonds. The second kappa shape index (κ2) is 10.1. The molecule has 0 aliphatic rings. The van der Waals surface area contributed by atoms with Crippen molar-refractivity contribution in [3.63, 3.8) is 0 Å². The van der Waals surface area contributed by atoms with Crippen LogP contribution in [0.2, 0.25) is 5.02 Å². The lowest BCUT2D eigenvalue weighted by Crippen LogP contribution is -2.40. The van der Waals surface area contributed by atoms with Crippen molar-refractivity contribution in [3.05, 3.63) is 58.9 Å². The summed E-state index contributed by atoms with van der Waals surface area (Å²) in [4.78, 5) is 27.7. The number of carbonyl (C=O) groups is 2. The molecule has 8 heteroatoms. The number of nitrogens with zero attached hydrogens (tertiary/aromatic N) is 2. The highest BCUT2D eigenvalue weighted by Crippen LogP contribution is 2.27. The molecule has 0 aliphatic carbocycles. The summed E-state index contributed by atoms with van der Waals surface area (Å²) in [7, 11) is 4.80. The normalized spacial score (nSPS) is 10.6. The van der Waals surface area contributed by atoms with Gasteiger partial charge in [0.1, 0.15) is 11.6 Å². The predicted octanol–water partition coefficient (Wildman–Crippen LogP) is 3.02. The summed E-state index contributed by atoms with van der Waals surface area (Å²) in [6.45, 7) is 0.395. The van der Waals surface area contributed by atoms with E-state index in [1.165, 1.54) is 24.1 Å². The molecule has 0 atom stereocenters. The van der Waals surface area contributed by atoms with Gasteiger partial charge in [-0.15, -0.1) is 0 Å². The molecule has 1 N–H and O–H groups in total. The zero-order valence-electron chi connectivity index (χ0n) is 16.0. The largest absolute Gasteiger partial charge is 0.495 e. The van der Waals surface area contributed by atoms with Crippen molar-refractivity contribution in [3.8, 4) is 5.75 Å². The molecule has 0 aliphatic heterocycles. The fraction of sp³-hybridized carbons (Fsp3) is 0.300. The molecule has 28 heavy (non-hydrogen) atoms. The number of nitrogens with one attached hydrogen (secondary N) is 1. The van der Waals surface area contributed by atoms with Gasteiger partial charge in [-0.05, 0) is 42.9 Å². The van der Waals surface area contributed by atoms with Gasteiger partial charge >= 0.3 is 0 Å². The summed E-state index contributed by atoms with van der Waals surface area (Å²) in [5.41, 5.74) is 1.20. The Morgan fingerprint density at radius 2 is 1.89 bits per heavy atom. The van der Waals surface area contributed by atoms with Gasteiger partial charge < -0.3 is 15.0 Å². The van der Waals surface area contributed by atoms with Crippen molar-refractivity contribution in [2.24, 2.45) is 0 Å². The molecule has 6 nitrogen and oxygen atoms in total. The van der Waals surface area contributed by atoms with Crippen LogP contribution in [0.15, 0.2) is 42.5 Å². The Morgan fingerprint density at radius 3 is 2.57 bits per heavy atom.